The first-order chi connectivity index (χ1) is 9.61. The number of aromatic carboxylic acids is 1. The molecule has 20 heavy (non-hydrogen) atoms. The standard InChI is InChI=1S/C14H12N2O4/c1-20-10-4-2-9(3-5-10)16-13(17)11-6-7-15-8-12(11)14(18)19/h2-8H,1H3,(H,16,17)(H,18,19). The summed E-state index contributed by atoms with van der Waals surface area (Å²) in [5, 5.41) is 11.6. The van der Waals surface area contributed by atoms with Crippen LogP contribution >= 0.6 is 0 Å². The zero-order valence-corrected chi connectivity index (χ0v) is 10.7. The monoisotopic (exact) mass is 272 g/mol. The van der Waals surface area contributed by atoms with Crippen LogP contribution in [0.4, 0.5) is 5.69 Å². The largest absolute Gasteiger partial charge is 0.497 e. The summed E-state index contributed by atoms with van der Waals surface area (Å²) in [7, 11) is 1.55. The van der Waals surface area contributed by atoms with Gasteiger partial charge in [-0.2, -0.15) is 0 Å². The quantitative estimate of drug-likeness (QED) is 0.889. The first-order valence-electron chi connectivity index (χ1n) is 5.74. The molecule has 2 N–H and O–H groups in total. The van der Waals surface area contributed by atoms with E-state index in [4.69, 9.17) is 9.84 Å². The molecule has 6 heteroatoms. The van der Waals surface area contributed by atoms with E-state index in [1.807, 2.05) is 0 Å². The van der Waals surface area contributed by atoms with Gasteiger partial charge in [0.05, 0.1) is 18.2 Å². The summed E-state index contributed by atoms with van der Waals surface area (Å²) in [6, 6.07) is 8.08. The Morgan fingerprint density at radius 3 is 2.45 bits per heavy atom. The van der Waals surface area contributed by atoms with Crippen LogP contribution < -0.4 is 10.1 Å². The highest BCUT2D eigenvalue weighted by Gasteiger charge is 2.16. The van der Waals surface area contributed by atoms with E-state index in [2.05, 4.69) is 10.3 Å². The molecule has 0 bridgehead atoms. The molecule has 0 saturated carbocycles. The molecule has 0 saturated heterocycles. The molecule has 0 fully saturated rings. The Morgan fingerprint density at radius 1 is 1.15 bits per heavy atom. The van der Waals surface area contributed by atoms with E-state index in [0.717, 1.165) is 6.20 Å². The number of nitrogens with one attached hydrogen (secondary N) is 1. The van der Waals surface area contributed by atoms with Crippen LogP contribution in [0.1, 0.15) is 20.7 Å². The van der Waals surface area contributed by atoms with Crippen molar-refractivity contribution in [1.82, 2.24) is 4.98 Å². The minimum absolute atomic E-state index is 0.0586. The van der Waals surface area contributed by atoms with E-state index in [0.29, 0.717) is 11.4 Å². The van der Waals surface area contributed by atoms with Crippen LogP contribution in [-0.4, -0.2) is 29.1 Å². The van der Waals surface area contributed by atoms with E-state index < -0.39 is 11.9 Å². The number of methoxy groups -OCH3 is 1. The van der Waals surface area contributed by atoms with Crippen molar-refractivity contribution in [3.8, 4) is 5.75 Å². The minimum Gasteiger partial charge on any atom is -0.497 e. The van der Waals surface area contributed by atoms with Gasteiger partial charge in [-0.15, -0.1) is 0 Å². The summed E-state index contributed by atoms with van der Waals surface area (Å²) in [6.07, 6.45) is 2.51. The molecule has 0 aliphatic rings. The number of anilines is 1. The molecule has 0 atom stereocenters. The van der Waals surface area contributed by atoms with Crippen molar-refractivity contribution in [3.63, 3.8) is 0 Å². The average Bonchev–Trinajstić information content (AvgIpc) is 2.48. The van der Waals surface area contributed by atoms with Gasteiger partial charge < -0.3 is 15.2 Å². The average molecular weight is 272 g/mol. The van der Waals surface area contributed by atoms with Crippen LogP contribution in [0.5, 0.6) is 5.75 Å². The number of carbonyl (C=O) groups is 2. The van der Waals surface area contributed by atoms with Crippen LogP contribution in [-0.2, 0) is 0 Å². The first kappa shape index (κ1) is 13.5. The number of carbonyl (C=O) groups excluding carboxylic acids is 1. The Balaban J connectivity index is 2.21. The predicted octanol–water partition coefficient (Wildman–Crippen LogP) is 2.04. The third-order valence-corrected chi connectivity index (χ3v) is 2.64. The van der Waals surface area contributed by atoms with E-state index in [9.17, 15) is 9.59 Å². The molecule has 1 aromatic heterocycles. The van der Waals surface area contributed by atoms with Gasteiger partial charge in [0.25, 0.3) is 5.91 Å². The first-order valence-corrected chi connectivity index (χ1v) is 5.74. The van der Waals surface area contributed by atoms with Gasteiger partial charge in [-0.25, -0.2) is 4.79 Å². The molecule has 102 valence electrons. The lowest BCUT2D eigenvalue weighted by Gasteiger charge is -2.08. The topological polar surface area (TPSA) is 88.5 Å². The predicted molar refractivity (Wildman–Crippen MR) is 72.1 cm³/mol. The molecule has 0 spiro atoms. The summed E-state index contributed by atoms with van der Waals surface area (Å²) in [4.78, 5) is 26.8. The fourth-order valence-corrected chi connectivity index (χ4v) is 1.64. The van der Waals surface area contributed by atoms with E-state index in [-0.39, 0.29) is 11.1 Å². The van der Waals surface area contributed by atoms with Gasteiger partial charge in [0.15, 0.2) is 0 Å². The highest BCUT2D eigenvalue weighted by atomic mass is 16.5. The van der Waals surface area contributed by atoms with Gasteiger partial charge in [0, 0.05) is 18.1 Å². The number of pyridine rings is 1. The summed E-state index contributed by atoms with van der Waals surface area (Å²) in [6.45, 7) is 0. The molecular weight excluding hydrogens is 260 g/mol. The van der Waals surface area contributed by atoms with Crippen LogP contribution in [0.15, 0.2) is 42.7 Å². The molecule has 1 heterocycles. The number of carboxylic acid groups (broad SMARTS) is 1. The summed E-state index contributed by atoms with van der Waals surface area (Å²) >= 11 is 0. The van der Waals surface area contributed by atoms with Crippen molar-refractivity contribution in [2.75, 3.05) is 12.4 Å². The second kappa shape index (κ2) is 5.83. The fraction of sp³-hybridized carbons (Fsp3) is 0.0714. The van der Waals surface area contributed by atoms with E-state index in [1.54, 1.807) is 31.4 Å². The highest BCUT2D eigenvalue weighted by molar-refractivity contribution is 6.10. The number of aromatic nitrogens is 1. The van der Waals surface area contributed by atoms with Gasteiger partial charge in [-0.05, 0) is 30.3 Å². The van der Waals surface area contributed by atoms with Crippen LogP contribution in [0.25, 0.3) is 0 Å². The third kappa shape index (κ3) is 2.92. The second-order valence-electron chi connectivity index (χ2n) is 3.91. The lowest BCUT2D eigenvalue weighted by atomic mass is 10.1. The van der Waals surface area contributed by atoms with E-state index >= 15 is 0 Å². The van der Waals surface area contributed by atoms with E-state index in [1.165, 1.54) is 12.3 Å². The summed E-state index contributed by atoms with van der Waals surface area (Å²) in [5.41, 5.74) is 0.464. The van der Waals surface area contributed by atoms with Gasteiger partial charge in [0.2, 0.25) is 0 Å². The third-order valence-electron chi connectivity index (χ3n) is 2.64. The molecule has 2 aromatic rings. The van der Waals surface area contributed by atoms with Crippen molar-refractivity contribution in [1.29, 1.82) is 0 Å². The summed E-state index contributed by atoms with van der Waals surface area (Å²) in [5.74, 6) is -1.04. The van der Waals surface area contributed by atoms with Crippen molar-refractivity contribution in [2.45, 2.75) is 0 Å². The van der Waals surface area contributed by atoms with Crippen molar-refractivity contribution in [3.05, 3.63) is 53.9 Å². The van der Waals surface area contributed by atoms with Gasteiger partial charge in [-0.1, -0.05) is 0 Å². The Bertz CT molecular complexity index is 638. The molecule has 1 amide bonds. The van der Waals surface area contributed by atoms with Gasteiger partial charge >= 0.3 is 5.97 Å². The van der Waals surface area contributed by atoms with Crippen molar-refractivity contribution >= 4 is 17.6 Å². The van der Waals surface area contributed by atoms with Gasteiger partial charge in [0.1, 0.15) is 5.75 Å². The zero-order chi connectivity index (χ0) is 14.5. The number of rotatable bonds is 4. The summed E-state index contributed by atoms with van der Waals surface area (Å²) < 4.78 is 5.01. The lowest BCUT2D eigenvalue weighted by Crippen LogP contribution is -2.16. The number of hydrogen-bond donors (Lipinski definition) is 2. The maximum Gasteiger partial charge on any atom is 0.338 e. The smallest absolute Gasteiger partial charge is 0.338 e. The van der Waals surface area contributed by atoms with Gasteiger partial charge in [-0.3, -0.25) is 9.78 Å². The minimum atomic E-state index is -1.20. The SMILES string of the molecule is COc1ccc(NC(=O)c2ccncc2C(=O)O)cc1. The molecule has 1 aromatic carbocycles. The number of ether oxygens (including phenoxy) is 1. The molecule has 2 rings (SSSR count). The zero-order valence-electron chi connectivity index (χ0n) is 10.7. The van der Waals surface area contributed by atoms with Crippen LogP contribution in [0.2, 0.25) is 0 Å². The number of hydrogen-bond acceptors (Lipinski definition) is 4. The number of benzene rings is 1. The van der Waals surface area contributed by atoms with Crippen molar-refractivity contribution in [2.24, 2.45) is 0 Å². The highest BCUT2D eigenvalue weighted by Crippen LogP contribution is 2.16. The van der Waals surface area contributed by atoms with Crippen LogP contribution in [0.3, 0.4) is 0 Å². The maximum atomic E-state index is 12.1. The Labute approximate surface area is 115 Å². The fourth-order valence-electron chi connectivity index (χ4n) is 1.64. The Morgan fingerprint density at radius 2 is 1.85 bits per heavy atom. The number of amides is 1. The maximum absolute atomic E-state index is 12.1. The molecule has 0 aliphatic carbocycles. The molecule has 0 unspecified atom stereocenters. The number of nitrogens with zero attached hydrogens (tertiary/aromatic N) is 1. The van der Waals surface area contributed by atoms with Crippen molar-refractivity contribution < 1.29 is 19.4 Å². The van der Waals surface area contributed by atoms with Crippen LogP contribution in [0, 0.1) is 0 Å². The second-order valence-corrected chi connectivity index (χ2v) is 3.91. The Kier molecular flexibility index (Phi) is 3.95. The molecule has 0 aliphatic heterocycles. The Hall–Kier alpha value is -2.89. The molecular formula is C14H12N2O4. The molecule has 6 nitrogen and oxygen atoms in total. The normalized spacial score (nSPS) is 9.85. The number of carboxylic acids is 1. The molecule has 0 radical (unpaired) electrons. The lowest BCUT2D eigenvalue weighted by molar-refractivity contribution is 0.0692.